The maximum Gasteiger partial charge on any atom is 0.261 e. The van der Waals surface area contributed by atoms with Crippen LogP contribution in [0.3, 0.4) is 0 Å². The predicted octanol–water partition coefficient (Wildman–Crippen LogP) is 3.03. The van der Waals surface area contributed by atoms with Crippen LogP contribution < -0.4 is 4.74 Å². The van der Waals surface area contributed by atoms with Crippen LogP contribution in [-0.4, -0.2) is 43.4 Å². The molecule has 1 aliphatic heterocycles. The number of benzene rings is 2. The zero-order valence-electron chi connectivity index (χ0n) is 15.3. The Kier molecular flexibility index (Phi) is 5.09. The molecule has 2 aromatic carbocycles. The Morgan fingerprint density at radius 3 is 2.68 bits per heavy atom. The van der Waals surface area contributed by atoms with E-state index in [-0.39, 0.29) is 36.6 Å². The van der Waals surface area contributed by atoms with E-state index in [1.54, 1.807) is 17.0 Å². The Labute approximate surface area is 163 Å². The quantitative estimate of drug-likeness (QED) is 0.637. The smallest absolute Gasteiger partial charge is 0.261 e. The van der Waals surface area contributed by atoms with Crippen molar-refractivity contribution in [1.29, 1.82) is 0 Å². The van der Waals surface area contributed by atoms with Crippen LogP contribution in [0.15, 0.2) is 65.3 Å². The molecule has 0 N–H and O–H groups in total. The van der Waals surface area contributed by atoms with Crippen LogP contribution in [0.25, 0.3) is 10.8 Å². The van der Waals surface area contributed by atoms with E-state index in [2.05, 4.69) is 0 Å². The van der Waals surface area contributed by atoms with Crippen LogP contribution in [0.1, 0.15) is 12.2 Å². The summed E-state index contributed by atoms with van der Waals surface area (Å²) in [5.41, 5.74) is 0. The van der Waals surface area contributed by atoms with Crippen molar-refractivity contribution in [2.45, 2.75) is 19.0 Å². The second-order valence-electron chi connectivity index (χ2n) is 6.92. The van der Waals surface area contributed by atoms with E-state index in [1.807, 2.05) is 42.5 Å². The summed E-state index contributed by atoms with van der Waals surface area (Å²) in [6.45, 7) is 0.0657. The third kappa shape index (κ3) is 4.04. The molecule has 1 amide bonds. The zero-order chi connectivity index (χ0) is 19.6. The highest BCUT2D eigenvalue weighted by atomic mass is 32.2. The zero-order valence-corrected chi connectivity index (χ0v) is 16.1. The lowest BCUT2D eigenvalue weighted by molar-refractivity contribution is -0.136. The van der Waals surface area contributed by atoms with Gasteiger partial charge in [-0.1, -0.05) is 36.4 Å². The van der Waals surface area contributed by atoms with Crippen molar-refractivity contribution in [3.63, 3.8) is 0 Å². The minimum Gasteiger partial charge on any atom is -0.483 e. The predicted molar refractivity (Wildman–Crippen MR) is 106 cm³/mol. The molecule has 0 aliphatic carbocycles. The molecule has 1 aliphatic rings. The molecule has 1 saturated heterocycles. The first-order chi connectivity index (χ1) is 13.5. The van der Waals surface area contributed by atoms with E-state index in [0.717, 1.165) is 10.8 Å². The van der Waals surface area contributed by atoms with Crippen LogP contribution in [0.5, 0.6) is 5.75 Å². The molecule has 2 heterocycles. The summed E-state index contributed by atoms with van der Waals surface area (Å²) >= 11 is 0. The van der Waals surface area contributed by atoms with Gasteiger partial charge in [-0.2, -0.15) is 0 Å². The highest BCUT2D eigenvalue weighted by molar-refractivity contribution is 7.91. The molecule has 3 aromatic rings. The largest absolute Gasteiger partial charge is 0.483 e. The summed E-state index contributed by atoms with van der Waals surface area (Å²) in [6.07, 6.45) is 1.97. The Hall–Kier alpha value is -2.80. The summed E-state index contributed by atoms with van der Waals surface area (Å²) in [4.78, 5) is 14.5. The molecule has 0 bridgehead atoms. The summed E-state index contributed by atoms with van der Waals surface area (Å²) < 4.78 is 35.0. The highest BCUT2D eigenvalue weighted by Gasteiger charge is 2.35. The third-order valence-electron chi connectivity index (χ3n) is 4.98. The highest BCUT2D eigenvalue weighted by Crippen LogP contribution is 2.26. The fourth-order valence-corrected chi connectivity index (χ4v) is 5.29. The molecule has 6 nitrogen and oxygen atoms in total. The maximum atomic E-state index is 12.9. The second kappa shape index (κ2) is 7.67. The van der Waals surface area contributed by atoms with Gasteiger partial charge >= 0.3 is 0 Å². The Morgan fingerprint density at radius 1 is 1.11 bits per heavy atom. The maximum absolute atomic E-state index is 12.9. The molecule has 1 fully saturated rings. The van der Waals surface area contributed by atoms with E-state index in [1.165, 1.54) is 6.26 Å². The number of hydrogen-bond donors (Lipinski definition) is 0. The Bertz CT molecular complexity index is 1070. The number of ether oxygens (including phenoxy) is 1. The van der Waals surface area contributed by atoms with Crippen molar-refractivity contribution in [1.82, 2.24) is 4.90 Å². The summed E-state index contributed by atoms with van der Waals surface area (Å²) in [6, 6.07) is 16.6. The van der Waals surface area contributed by atoms with Crippen LogP contribution >= 0.6 is 0 Å². The molecule has 28 heavy (non-hydrogen) atoms. The standard InChI is InChI=1S/C21H21NO5S/c23-21(14-27-20-9-3-6-16-5-1-2-8-19(16)20)22(13-18-7-4-11-26-18)17-10-12-28(24,25)15-17/h1-9,11,17H,10,12-15H2/t17-/m0/s1. The van der Waals surface area contributed by atoms with E-state index in [0.29, 0.717) is 17.9 Å². The average Bonchev–Trinajstić information content (AvgIpc) is 3.33. The molecule has 1 aromatic heterocycles. The Balaban J connectivity index is 1.52. The van der Waals surface area contributed by atoms with Crippen molar-refractivity contribution in [2.24, 2.45) is 0 Å². The first-order valence-electron chi connectivity index (χ1n) is 9.15. The molecular formula is C21H21NO5S. The van der Waals surface area contributed by atoms with Gasteiger partial charge in [0.15, 0.2) is 16.4 Å². The van der Waals surface area contributed by atoms with E-state index >= 15 is 0 Å². The first-order valence-corrected chi connectivity index (χ1v) is 11.0. The van der Waals surface area contributed by atoms with Crippen LogP contribution in [-0.2, 0) is 21.2 Å². The van der Waals surface area contributed by atoms with Gasteiger partial charge in [-0.15, -0.1) is 0 Å². The number of rotatable bonds is 6. The molecular weight excluding hydrogens is 378 g/mol. The van der Waals surface area contributed by atoms with Crippen LogP contribution in [0, 0.1) is 0 Å². The number of amides is 1. The van der Waals surface area contributed by atoms with Crippen molar-refractivity contribution < 1.29 is 22.4 Å². The SMILES string of the molecule is O=C(COc1cccc2ccccc12)N(Cc1ccco1)[C@H]1CCS(=O)(=O)C1. The van der Waals surface area contributed by atoms with E-state index in [4.69, 9.17) is 9.15 Å². The van der Waals surface area contributed by atoms with Crippen LogP contribution in [0.4, 0.5) is 0 Å². The van der Waals surface area contributed by atoms with Gasteiger partial charge in [0.25, 0.3) is 5.91 Å². The number of carbonyl (C=O) groups is 1. The normalized spacial score (nSPS) is 18.2. The van der Waals surface area contributed by atoms with Gasteiger partial charge in [0, 0.05) is 11.4 Å². The number of fused-ring (bicyclic) bond motifs is 1. The molecule has 4 rings (SSSR count). The molecule has 1 atom stereocenters. The number of hydrogen-bond acceptors (Lipinski definition) is 5. The topological polar surface area (TPSA) is 76.8 Å². The van der Waals surface area contributed by atoms with Crippen molar-refractivity contribution in [3.8, 4) is 5.75 Å². The lowest BCUT2D eigenvalue weighted by Gasteiger charge is -2.27. The van der Waals surface area contributed by atoms with Gasteiger partial charge in [0.1, 0.15) is 11.5 Å². The second-order valence-corrected chi connectivity index (χ2v) is 9.15. The monoisotopic (exact) mass is 399 g/mol. The fraction of sp³-hybridized carbons (Fsp3) is 0.286. The van der Waals surface area contributed by atoms with Gasteiger partial charge < -0.3 is 14.1 Å². The van der Waals surface area contributed by atoms with Gasteiger partial charge in [0.05, 0.1) is 24.3 Å². The molecule has 0 saturated carbocycles. The molecule has 0 spiro atoms. The number of carbonyl (C=O) groups excluding carboxylic acids is 1. The van der Waals surface area contributed by atoms with Gasteiger partial charge in [0.2, 0.25) is 0 Å². The van der Waals surface area contributed by atoms with Crippen LogP contribution in [0.2, 0.25) is 0 Å². The van der Waals surface area contributed by atoms with Gasteiger partial charge in [-0.3, -0.25) is 4.79 Å². The van der Waals surface area contributed by atoms with Crippen molar-refractivity contribution in [2.75, 3.05) is 18.1 Å². The average molecular weight is 399 g/mol. The van der Waals surface area contributed by atoms with Crippen molar-refractivity contribution in [3.05, 3.63) is 66.6 Å². The fourth-order valence-electron chi connectivity index (χ4n) is 3.56. The van der Waals surface area contributed by atoms with Gasteiger partial charge in [-0.05, 0) is 30.0 Å². The summed E-state index contributed by atoms with van der Waals surface area (Å²) in [5.74, 6) is 1.06. The Morgan fingerprint density at radius 2 is 1.93 bits per heavy atom. The van der Waals surface area contributed by atoms with Crippen molar-refractivity contribution >= 4 is 26.5 Å². The lowest BCUT2D eigenvalue weighted by Crippen LogP contribution is -2.43. The number of sulfone groups is 1. The number of furan rings is 1. The van der Waals surface area contributed by atoms with E-state index < -0.39 is 9.84 Å². The van der Waals surface area contributed by atoms with Gasteiger partial charge in [-0.25, -0.2) is 8.42 Å². The third-order valence-corrected chi connectivity index (χ3v) is 6.73. The molecule has 0 radical (unpaired) electrons. The number of nitrogens with zero attached hydrogens (tertiary/aromatic N) is 1. The van der Waals surface area contributed by atoms with E-state index in [9.17, 15) is 13.2 Å². The summed E-state index contributed by atoms with van der Waals surface area (Å²) in [7, 11) is -3.11. The first kappa shape index (κ1) is 18.6. The molecule has 7 heteroatoms. The summed E-state index contributed by atoms with van der Waals surface area (Å²) in [5, 5.41) is 1.96. The minimum atomic E-state index is -3.11. The molecule has 146 valence electrons. The molecule has 0 unspecified atom stereocenters. The minimum absolute atomic E-state index is 0.0201. The lowest BCUT2D eigenvalue weighted by atomic mass is 10.1.